The molecule has 2 N–H and O–H groups in total. The summed E-state index contributed by atoms with van der Waals surface area (Å²) in [5.74, 6) is -0.170. The Morgan fingerprint density at radius 2 is 2.26 bits per heavy atom. The van der Waals surface area contributed by atoms with Crippen molar-refractivity contribution in [3.8, 4) is 0 Å². The fourth-order valence-corrected chi connectivity index (χ4v) is 1.98. The van der Waals surface area contributed by atoms with Crippen LogP contribution in [0.25, 0.3) is 0 Å². The topological polar surface area (TPSA) is 66.5 Å². The molecular formula is C13H20N4O2. The molecule has 6 nitrogen and oxygen atoms in total. The zero-order valence-corrected chi connectivity index (χ0v) is 11.2. The van der Waals surface area contributed by atoms with Crippen molar-refractivity contribution in [1.82, 2.24) is 15.2 Å². The highest BCUT2D eigenvalue weighted by atomic mass is 16.5. The quantitative estimate of drug-likeness (QED) is 0.794. The molecule has 0 spiro atoms. The molecule has 0 bridgehead atoms. The summed E-state index contributed by atoms with van der Waals surface area (Å²) in [7, 11) is 1.60. The average molecular weight is 264 g/mol. The molecule has 0 aromatic carbocycles. The summed E-state index contributed by atoms with van der Waals surface area (Å²) in [6, 6.07) is 3.63. The molecule has 0 radical (unpaired) electrons. The lowest BCUT2D eigenvalue weighted by molar-refractivity contribution is 0.0398. The lowest BCUT2D eigenvalue weighted by Crippen LogP contribution is -2.39. The van der Waals surface area contributed by atoms with Crippen LogP contribution in [0.2, 0.25) is 0 Å². The Morgan fingerprint density at radius 3 is 3.00 bits per heavy atom. The molecule has 1 aliphatic heterocycles. The van der Waals surface area contributed by atoms with Crippen molar-refractivity contribution in [2.45, 2.75) is 0 Å². The summed E-state index contributed by atoms with van der Waals surface area (Å²) in [5.41, 5.74) is 1.35. The maximum atomic E-state index is 11.5. The van der Waals surface area contributed by atoms with E-state index in [0.29, 0.717) is 5.69 Å². The number of carbonyl (C=O) groups excluding carboxylic acids is 1. The van der Waals surface area contributed by atoms with E-state index in [4.69, 9.17) is 4.74 Å². The Labute approximate surface area is 113 Å². The lowest BCUT2D eigenvalue weighted by atomic mass is 10.3. The second-order valence-corrected chi connectivity index (χ2v) is 4.39. The number of pyridine rings is 1. The van der Waals surface area contributed by atoms with Gasteiger partial charge in [0.05, 0.1) is 13.2 Å². The number of nitrogens with zero attached hydrogens (tertiary/aromatic N) is 2. The predicted molar refractivity (Wildman–Crippen MR) is 73.4 cm³/mol. The smallest absolute Gasteiger partial charge is 0.269 e. The third-order valence-corrected chi connectivity index (χ3v) is 3.08. The van der Waals surface area contributed by atoms with Crippen LogP contribution in [0.4, 0.5) is 5.69 Å². The highest BCUT2D eigenvalue weighted by molar-refractivity contribution is 5.92. The molecular weight excluding hydrogens is 244 g/mol. The van der Waals surface area contributed by atoms with Crippen LogP contribution in [0, 0.1) is 0 Å². The zero-order chi connectivity index (χ0) is 13.5. The highest BCUT2D eigenvalue weighted by Crippen LogP contribution is 2.07. The van der Waals surface area contributed by atoms with Crippen molar-refractivity contribution >= 4 is 11.6 Å². The number of hydrogen-bond acceptors (Lipinski definition) is 5. The molecule has 1 fully saturated rings. The first-order chi connectivity index (χ1) is 9.29. The van der Waals surface area contributed by atoms with Gasteiger partial charge in [0.2, 0.25) is 0 Å². The molecule has 1 aromatic rings. The van der Waals surface area contributed by atoms with Crippen molar-refractivity contribution in [3.63, 3.8) is 0 Å². The number of ether oxygens (including phenoxy) is 1. The van der Waals surface area contributed by atoms with Gasteiger partial charge in [0.25, 0.3) is 5.91 Å². The van der Waals surface area contributed by atoms with Gasteiger partial charge in [-0.15, -0.1) is 0 Å². The number of aromatic nitrogens is 1. The Bertz CT molecular complexity index is 419. The monoisotopic (exact) mass is 264 g/mol. The standard InChI is InChI=1S/C13H20N4O2/c1-14-13(18)12-10-11(2-3-16-12)15-4-5-17-6-8-19-9-7-17/h2-3,10H,4-9H2,1H3,(H,14,18)(H,15,16). The first kappa shape index (κ1) is 13.8. The van der Waals surface area contributed by atoms with E-state index < -0.39 is 0 Å². The molecule has 1 amide bonds. The van der Waals surface area contributed by atoms with E-state index >= 15 is 0 Å². The van der Waals surface area contributed by atoms with Crippen LogP contribution in [0.5, 0.6) is 0 Å². The summed E-state index contributed by atoms with van der Waals surface area (Å²) in [4.78, 5) is 17.9. The van der Waals surface area contributed by atoms with E-state index in [1.165, 1.54) is 0 Å². The van der Waals surface area contributed by atoms with Crippen molar-refractivity contribution in [2.75, 3.05) is 51.8 Å². The van der Waals surface area contributed by atoms with Crippen LogP contribution >= 0.6 is 0 Å². The van der Waals surface area contributed by atoms with E-state index in [-0.39, 0.29) is 5.91 Å². The molecule has 0 saturated carbocycles. The molecule has 2 heterocycles. The van der Waals surface area contributed by atoms with Gasteiger partial charge in [-0.2, -0.15) is 0 Å². The number of amides is 1. The zero-order valence-electron chi connectivity index (χ0n) is 11.2. The second-order valence-electron chi connectivity index (χ2n) is 4.39. The SMILES string of the molecule is CNC(=O)c1cc(NCCN2CCOCC2)ccn1. The molecule has 19 heavy (non-hydrogen) atoms. The summed E-state index contributed by atoms with van der Waals surface area (Å²) in [6.07, 6.45) is 1.64. The van der Waals surface area contributed by atoms with Gasteiger partial charge in [-0.1, -0.05) is 0 Å². The number of hydrogen-bond donors (Lipinski definition) is 2. The van der Waals surface area contributed by atoms with Crippen molar-refractivity contribution in [2.24, 2.45) is 0 Å². The first-order valence-corrected chi connectivity index (χ1v) is 6.51. The summed E-state index contributed by atoms with van der Waals surface area (Å²) >= 11 is 0. The lowest BCUT2D eigenvalue weighted by Gasteiger charge is -2.26. The molecule has 2 rings (SSSR count). The predicted octanol–water partition coefficient (Wildman–Crippen LogP) is 0.185. The summed E-state index contributed by atoms with van der Waals surface area (Å²) < 4.78 is 5.30. The number of morpholine rings is 1. The fourth-order valence-electron chi connectivity index (χ4n) is 1.98. The number of anilines is 1. The van der Waals surface area contributed by atoms with Crippen LogP contribution in [0.1, 0.15) is 10.5 Å². The van der Waals surface area contributed by atoms with Gasteiger partial charge < -0.3 is 15.4 Å². The van der Waals surface area contributed by atoms with Crippen LogP contribution in [0.15, 0.2) is 18.3 Å². The third-order valence-electron chi connectivity index (χ3n) is 3.08. The maximum Gasteiger partial charge on any atom is 0.269 e. The molecule has 104 valence electrons. The maximum absolute atomic E-state index is 11.5. The van der Waals surface area contributed by atoms with Crippen LogP contribution in [-0.4, -0.2) is 62.2 Å². The van der Waals surface area contributed by atoms with Crippen LogP contribution in [0.3, 0.4) is 0 Å². The molecule has 1 aliphatic rings. The number of rotatable bonds is 5. The molecule has 0 atom stereocenters. The van der Waals surface area contributed by atoms with Gasteiger partial charge in [-0.05, 0) is 12.1 Å². The van der Waals surface area contributed by atoms with Crippen molar-refractivity contribution in [1.29, 1.82) is 0 Å². The van der Waals surface area contributed by atoms with E-state index in [9.17, 15) is 4.79 Å². The highest BCUT2D eigenvalue weighted by Gasteiger charge is 2.09. The van der Waals surface area contributed by atoms with Gasteiger partial charge >= 0.3 is 0 Å². The number of nitrogens with one attached hydrogen (secondary N) is 2. The van der Waals surface area contributed by atoms with E-state index in [1.54, 1.807) is 19.3 Å². The number of carbonyl (C=O) groups is 1. The Morgan fingerprint density at radius 1 is 1.47 bits per heavy atom. The van der Waals surface area contributed by atoms with Gasteiger partial charge in [0, 0.05) is 45.1 Å². The van der Waals surface area contributed by atoms with Crippen molar-refractivity contribution < 1.29 is 9.53 Å². The minimum Gasteiger partial charge on any atom is -0.384 e. The van der Waals surface area contributed by atoms with E-state index in [0.717, 1.165) is 45.1 Å². The van der Waals surface area contributed by atoms with Crippen LogP contribution in [-0.2, 0) is 4.74 Å². The van der Waals surface area contributed by atoms with Gasteiger partial charge in [0.15, 0.2) is 0 Å². The Hall–Kier alpha value is -1.66. The average Bonchev–Trinajstić information content (AvgIpc) is 2.48. The van der Waals surface area contributed by atoms with Gasteiger partial charge in [-0.3, -0.25) is 14.7 Å². The van der Waals surface area contributed by atoms with E-state index in [1.807, 2.05) is 6.07 Å². The molecule has 0 unspecified atom stereocenters. The second kappa shape index (κ2) is 7.06. The molecule has 1 aromatic heterocycles. The normalized spacial score (nSPS) is 16.1. The molecule has 6 heteroatoms. The first-order valence-electron chi connectivity index (χ1n) is 6.51. The summed E-state index contributed by atoms with van der Waals surface area (Å²) in [5, 5.41) is 5.87. The summed E-state index contributed by atoms with van der Waals surface area (Å²) in [6.45, 7) is 5.42. The Balaban J connectivity index is 1.80. The van der Waals surface area contributed by atoms with Gasteiger partial charge in [-0.25, -0.2) is 0 Å². The van der Waals surface area contributed by atoms with E-state index in [2.05, 4.69) is 20.5 Å². The van der Waals surface area contributed by atoms with Crippen LogP contribution < -0.4 is 10.6 Å². The van der Waals surface area contributed by atoms with Gasteiger partial charge in [0.1, 0.15) is 5.69 Å². The third kappa shape index (κ3) is 4.18. The minimum atomic E-state index is -0.170. The fraction of sp³-hybridized carbons (Fsp3) is 0.538. The largest absolute Gasteiger partial charge is 0.384 e. The minimum absolute atomic E-state index is 0.170. The molecule has 1 saturated heterocycles. The Kier molecular flexibility index (Phi) is 5.11. The van der Waals surface area contributed by atoms with Crippen molar-refractivity contribution in [3.05, 3.63) is 24.0 Å². The molecule has 0 aliphatic carbocycles.